The molecular formula is C13H9BrClNO2. The molecule has 18 heavy (non-hydrogen) atoms. The zero-order valence-corrected chi connectivity index (χ0v) is 11.5. The highest BCUT2D eigenvalue weighted by molar-refractivity contribution is 9.10. The summed E-state index contributed by atoms with van der Waals surface area (Å²) in [7, 11) is 0. The molecule has 2 N–H and O–H groups in total. The fourth-order valence-electron chi connectivity index (χ4n) is 1.44. The molecule has 0 aromatic heterocycles. The predicted octanol–water partition coefficient (Wildman–Crippen LogP) is 4.54. The van der Waals surface area contributed by atoms with Gasteiger partial charge in [-0.2, -0.15) is 0 Å². The van der Waals surface area contributed by atoms with Crippen molar-refractivity contribution in [1.82, 2.24) is 0 Å². The minimum Gasteiger partial charge on any atom is -0.478 e. The van der Waals surface area contributed by atoms with Crippen LogP contribution in [-0.2, 0) is 0 Å². The Labute approximate surface area is 118 Å². The summed E-state index contributed by atoms with van der Waals surface area (Å²) in [6, 6.07) is 12.0. The van der Waals surface area contributed by atoms with E-state index in [4.69, 9.17) is 16.7 Å². The Balaban J connectivity index is 2.18. The standard InChI is InChI=1S/C13H9BrClNO2/c14-11-7-10(5-6-12(11)15)16-9-3-1-8(2-4-9)13(17)18/h1-7,16H,(H,17,18). The molecule has 0 bridgehead atoms. The van der Waals surface area contributed by atoms with E-state index in [2.05, 4.69) is 21.2 Å². The van der Waals surface area contributed by atoms with Crippen LogP contribution in [0, 0.1) is 0 Å². The summed E-state index contributed by atoms with van der Waals surface area (Å²) >= 11 is 9.24. The molecule has 5 heteroatoms. The van der Waals surface area contributed by atoms with E-state index in [-0.39, 0.29) is 5.56 Å². The van der Waals surface area contributed by atoms with E-state index >= 15 is 0 Å². The third kappa shape index (κ3) is 3.03. The van der Waals surface area contributed by atoms with Gasteiger partial charge in [0, 0.05) is 15.8 Å². The number of carbonyl (C=O) groups is 1. The third-order valence-corrected chi connectivity index (χ3v) is 3.55. The number of halogens is 2. The number of hydrogen-bond donors (Lipinski definition) is 2. The second-order valence-corrected chi connectivity index (χ2v) is 4.90. The van der Waals surface area contributed by atoms with Crippen molar-refractivity contribution >= 4 is 44.9 Å². The average molecular weight is 327 g/mol. The van der Waals surface area contributed by atoms with Gasteiger partial charge in [0.15, 0.2) is 0 Å². The van der Waals surface area contributed by atoms with Crippen molar-refractivity contribution in [2.24, 2.45) is 0 Å². The number of nitrogens with one attached hydrogen (secondary N) is 1. The van der Waals surface area contributed by atoms with Crippen molar-refractivity contribution < 1.29 is 9.90 Å². The number of hydrogen-bond acceptors (Lipinski definition) is 2. The SMILES string of the molecule is O=C(O)c1ccc(Nc2ccc(Cl)c(Br)c2)cc1. The van der Waals surface area contributed by atoms with Gasteiger partial charge in [-0.25, -0.2) is 4.79 Å². The molecule has 0 spiro atoms. The maximum absolute atomic E-state index is 10.7. The molecule has 0 aliphatic carbocycles. The molecule has 0 saturated carbocycles. The maximum atomic E-state index is 10.7. The quantitative estimate of drug-likeness (QED) is 0.870. The Bertz CT molecular complexity index is 584. The summed E-state index contributed by atoms with van der Waals surface area (Å²) in [4.78, 5) is 10.7. The van der Waals surface area contributed by atoms with Gasteiger partial charge in [-0.1, -0.05) is 11.6 Å². The lowest BCUT2D eigenvalue weighted by atomic mass is 10.2. The molecule has 2 aromatic rings. The molecule has 0 atom stereocenters. The first kappa shape index (κ1) is 12.9. The van der Waals surface area contributed by atoms with E-state index in [1.165, 1.54) is 0 Å². The second-order valence-electron chi connectivity index (χ2n) is 3.64. The molecule has 0 aliphatic heterocycles. The van der Waals surface area contributed by atoms with Crippen molar-refractivity contribution in [3.8, 4) is 0 Å². The normalized spacial score (nSPS) is 10.1. The zero-order valence-electron chi connectivity index (χ0n) is 9.15. The molecule has 0 fully saturated rings. The van der Waals surface area contributed by atoms with Gasteiger partial charge in [-0.3, -0.25) is 0 Å². The van der Waals surface area contributed by atoms with Gasteiger partial charge in [0.2, 0.25) is 0 Å². The summed E-state index contributed by atoms with van der Waals surface area (Å²) in [6.07, 6.45) is 0. The molecule has 0 radical (unpaired) electrons. The smallest absolute Gasteiger partial charge is 0.335 e. The van der Waals surface area contributed by atoms with E-state index in [1.54, 1.807) is 30.3 Å². The van der Waals surface area contributed by atoms with Crippen LogP contribution in [0.2, 0.25) is 5.02 Å². The summed E-state index contributed by atoms with van der Waals surface area (Å²) in [5, 5.41) is 12.6. The van der Waals surface area contributed by atoms with Crippen LogP contribution in [0.25, 0.3) is 0 Å². The van der Waals surface area contributed by atoms with Crippen LogP contribution < -0.4 is 5.32 Å². The summed E-state index contributed by atoms with van der Waals surface area (Å²) in [5.41, 5.74) is 1.95. The average Bonchev–Trinajstić information content (AvgIpc) is 2.34. The minimum absolute atomic E-state index is 0.262. The predicted molar refractivity (Wildman–Crippen MR) is 75.8 cm³/mol. The molecule has 3 nitrogen and oxygen atoms in total. The zero-order chi connectivity index (χ0) is 13.1. The number of anilines is 2. The fourth-order valence-corrected chi connectivity index (χ4v) is 1.93. The Hall–Kier alpha value is -1.52. The Kier molecular flexibility index (Phi) is 3.89. The number of carboxylic acid groups (broad SMARTS) is 1. The first-order valence-corrected chi connectivity index (χ1v) is 6.29. The molecule has 2 rings (SSSR count). The topological polar surface area (TPSA) is 49.3 Å². The molecule has 92 valence electrons. The van der Waals surface area contributed by atoms with E-state index < -0.39 is 5.97 Å². The molecular weight excluding hydrogens is 318 g/mol. The highest BCUT2D eigenvalue weighted by Gasteiger charge is 2.03. The van der Waals surface area contributed by atoms with Crippen LogP contribution in [0.3, 0.4) is 0 Å². The van der Waals surface area contributed by atoms with E-state index in [9.17, 15) is 4.79 Å². The number of benzene rings is 2. The van der Waals surface area contributed by atoms with Gasteiger partial charge in [-0.15, -0.1) is 0 Å². The fraction of sp³-hybridized carbons (Fsp3) is 0. The maximum Gasteiger partial charge on any atom is 0.335 e. The third-order valence-electron chi connectivity index (χ3n) is 2.34. The Morgan fingerprint density at radius 1 is 1.11 bits per heavy atom. The first-order chi connectivity index (χ1) is 8.56. The summed E-state index contributed by atoms with van der Waals surface area (Å²) in [6.45, 7) is 0. The van der Waals surface area contributed by atoms with Gasteiger partial charge >= 0.3 is 5.97 Å². The highest BCUT2D eigenvalue weighted by Crippen LogP contribution is 2.27. The van der Waals surface area contributed by atoms with Crippen LogP contribution in [0.4, 0.5) is 11.4 Å². The largest absolute Gasteiger partial charge is 0.478 e. The number of aromatic carboxylic acids is 1. The van der Waals surface area contributed by atoms with Crippen LogP contribution in [0.5, 0.6) is 0 Å². The van der Waals surface area contributed by atoms with Gasteiger partial charge in [-0.05, 0) is 58.4 Å². The molecule has 0 unspecified atom stereocenters. The number of rotatable bonds is 3. The molecule has 2 aromatic carbocycles. The van der Waals surface area contributed by atoms with Gasteiger partial charge < -0.3 is 10.4 Å². The Morgan fingerprint density at radius 3 is 2.28 bits per heavy atom. The number of carboxylic acids is 1. The Morgan fingerprint density at radius 2 is 1.72 bits per heavy atom. The lowest BCUT2D eigenvalue weighted by Crippen LogP contribution is -1.96. The van der Waals surface area contributed by atoms with Crippen LogP contribution >= 0.6 is 27.5 Å². The van der Waals surface area contributed by atoms with Gasteiger partial charge in [0.05, 0.1) is 10.6 Å². The van der Waals surface area contributed by atoms with E-state index in [0.29, 0.717) is 5.02 Å². The van der Waals surface area contributed by atoms with Crippen molar-refractivity contribution in [1.29, 1.82) is 0 Å². The summed E-state index contributed by atoms with van der Waals surface area (Å²) in [5.74, 6) is -0.934. The van der Waals surface area contributed by atoms with Crippen LogP contribution in [0.15, 0.2) is 46.9 Å². The van der Waals surface area contributed by atoms with Crippen molar-refractivity contribution in [2.75, 3.05) is 5.32 Å². The van der Waals surface area contributed by atoms with Gasteiger partial charge in [0.1, 0.15) is 0 Å². The molecule has 0 heterocycles. The van der Waals surface area contributed by atoms with E-state index in [1.807, 2.05) is 12.1 Å². The second kappa shape index (κ2) is 5.42. The van der Waals surface area contributed by atoms with Crippen molar-refractivity contribution in [3.05, 3.63) is 57.5 Å². The van der Waals surface area contributed by atoms with Gasteiger partial charge in [0.25, 0.3) is 0 Å². The molecule has 0 aliphatic rings. The van der Waals surface area contributed by atoms with Crippen molar-refractivity contribution in [2.45, 2.75) is 0 Å². The summed E-state index contributed by atoms with van der Waals surface area (Å²) < 4.78 is 0.802. The highest BCUT2D eigenvalue weighted by atomic mass is 79.9. The monoisotopic (exact) mass is 325 g/mol. The molecule has 0 amide bonds. The van der Waals surface area contributed by atoms with Crippen LogP contribution in [-0.4, -0.2) is 11.1 Å². The minimum atomic E-state index is -0.934. The van der Waals surface area contributed by atoms with Crippen molar-refractivity contribution in [3.63, 3.8) is 0 Å². The van der Waals surface area contributed by atoms with E-state index in [0.717, 1.165) is 15.8 Å². The lowest BCUT2D eigenvalue weighted by molar-refractivity contribution is 0.0697. The first-order valence-electron chi connectivity index (χ1n) is 5.12. The van der Waals surface area contributed by atoms with Crippen LogP contribution in [0.1, 0.15) is 10.4 Å². The molecule has 0 saturated heterocycles. The lowest BCUT2D eigenvalue weighted by Gasteiger charge is -2.07.